The van der Waals surface area contributed by atoms with Crippen LogP contribution in [-0.2, 0) is 0 Å². The molecule has 1 fully saturated rings. The zero-order chi connectivity index (χ0) is 10.4. The van der Waals surface area contributed by atoms with E-state index in [0.29, 0.717) is 6.04 Å². The molecule has 2 N–H and O–H groups in total. The Morgan fingerprint density at radius 3 is 2.57 bits per heavy atom. The largest absolute Gasteiger partial charge is 0.327 e. The molecule has 3 nitrogen and oxygen atoms in total. The molecule has 0 aliphatic carbocycles. The van der Waals surface area contributed by atoms with Gasteiger partial charge in [-0.25, -0.2) is 0 Å². The standard InChI is InChI=1S/C11H25N3/c1-11(12)10-13(2)6-5-9-14-7-3-4-8-14/h11H,3-10,12H2,1-2H3. The first-order valence-electron chi connectivity index (χ1n) is 5.85. The molecule has 1 rings (SSSR count). The summed E-state index contributed by atoms with van der Waals surface area (Å²) in [5.74, 6) is 0. The Morgan fingerprint density at radius 2 is 2.00 bits per heavy atom. The second kappa shape index (κ2) is 6.38. The summed E-state index contributed by atoms with van der Waals surface area (Å²) < 4.78 is 0. The van der Waals surface area contributed by atoms with E-state index in [9.17, 15) is 0 Å². The highest BCUT2D eigenvalue weighted by molar-refractivity contribution is 4.67. The molecule has 0 spiro atoms. The average Bonchev–Trinajstić information content (AvgIpc) is 2.55. The van der Waals surface area contributed by atoms with Crippen molar-refractivity contribution in [3.8, 4) is 0 Å². The lowest BCUT2D eigenvalue weighted by atomic mass is 10.3. The Kier molecular flexibility index (Phi) is 5.45. The van der Waals surface area contributed by atoms with E-state index in [4.69, 9.17) is 5.73 Å². The number of likely N-dealkylation sites (tertiary alicyclic amines) is 1. The summed E-state index contributed by atoms with van der Waals surface area (Å²) >= 11 is 0. The highest BCUT2D eigenvalue weighted by Crippen LogP contribution is 2.07. The van der Waals surface area contributed by atoms with Gasteiger partial charge >= 0.3 is 0 Å². The fraction of sp³-hybridized carbons (Fsp3) is 1.00. The number of nitrogens with two attached hydrogens (primary N) is 1. The van der Waals surface area contributed by atoms with Crippen LogP contribution in [0, 0.1) is 0 Å². The summed E-state index contributed by atoms with van der Waals surface area (Å²) in [5, 5.41) is 0. The molecule has 84 valence electrons. The van der Waals surface area contributed by atoms with Gasteiger partial charge in [0.2, 0.25) is 0 Å². The van der Waals surface area contributed by atoms with E-state index in [1.165, 1.54) is 45.4 Å². The molecule has 3 heteroatoms. The van der Waals surface area contributed by atoms with Crippen molar-refractivity contribution in [2.45, 2.75) is 32.2 Å². The fourth-order valence-electron chi connectivity index (χ4n) is 2.15. The number of nitrogens with zero attached hydrogens (tertiary/aromatic N) is 2. The van der Waals surface area contributed by atoms with E-state index in [1.54, 1.807) is 0 Å². The molecule has 0 radical (unpaired) electrons. The first kappa shape index (κ1) is 12.0. The van der Waals surface area contributed by atoms with Crippen LogP contribution in [0.25, 0.3) is 0 Å². The Bertz CT molecular complexity index is 141. The minimum Gasteiger partial charge on any atom is -0.327 e. The minimum atomic E-state index is 0.298. The lowest BCUT2D eigenvalue weighted by Crippen LogP contribution is -2.34. The molecular formula is C11H25N3. The van der Waals surface area contributed by atoms with Crippen LogP contribution in [0.3, 0.4) is 0 Å². The van der Waals surface area contributed by atoms with E-state index >= 15 is 0 Å². The molecule has 1 aliphatic rings. The lowest BCUT2D eigenvalue weighted by molar-refractivity contribution is 0.272. The van der Waals surface area contributed by atoms with Crippen LogP contribution in [0.1, 0.15) is 26.2 Å². The molecule has 14 heavy (non-hydrogen) atoms. The molecule has 1 unspecified atom stereocenters. The van der Waals surface area contributed by atoms with Crippen molar-refractivity contribution in [2.24, 2.45) is 5.73 Å². The fourth-order valence-corrected chi connectivity index (χ4v) is 2.15. The van der Waals surface area contributed by atoms with Gasteiger partial charge in [-0.05, 0) is 59.4 Å². The summed E-state index contributed by atoms with van der Waals surface area (Å²) in [6.45, 7) is 8.16. The summed E-state index contributed by atoms with van der Waals surface area (Å²) in [6.07, 6.45) is 4.08. The van der Waals surface area contributed by atoms with Gasteiger partial charge in [0.25, 0.3) is 0 Å². The summed E-state index contributed by atoms with van der Waals surface area (Å²) in [7, 11) is 2.16. The van der Waals surface area contributed by atoms with Crippen molar-refractivity contribution in [3.05, 3.63) is 0 Å². The average molecular weight is 199 g/mol. The molecule has 0 amide bonds. The van der Waals surface area contributed by atoms with Crippen LogP contribution in [0.15, 0.2) is 0 Å². The van der Waals surface area contributed by atoms with Crippen molar-refractivity contribution in [1.82, 2.24) is 9.80 Å². The number of hydrogen-bond donors (Lipinski definition) is 1. The van der Waals surface area contributed by atoms with Crippen molar-refractivity contribution in [2.75, 3.05) is 39.8 Å². The predicted molar refractivity (Wildman–Crippen MR) is 61.4 cm³/mol. The third-order valence-electron chi connectivity index (χ3n) is 2.81. The van der Waals surface area contributed by atoms with E-state index in [2.05, 4.69) is 23.8 Å². The van der Waals surface area contributed by atoms with E-state index in [0.717, 1.165) is 6.54 Å². The van der Waals surface area contributed by atoms with Gasteiger partial charge in [-0.2, -0.15) is 0 Å². The van der Waals surface area contributed by atoms with Crippen LogP contribution < -0.4 is 5.73 Å². The van der Waals surface area contributed by atoms with Gasteiger partial charge in [0.05, 0.1) is 0 Å². The maximum absolute atomic E-state index is 5.74. The van der Waals surface area contributed by atoms with Crippen LogP contribution >= 0.6 is 0 Å². The number of rotatable bonds is 6. The Hall–Kier alpha value is -0.120. The van der Waals surface area contributed by atoms with Crippen molar-refractivity contribution < 1.29 is 0 Å². The molecule has 0 aromatic heterocycles. The number of hydrogen-bond acceptors (Lipinski definition) is 3. The quantitative estimate of drug-likeness (QED) is 0.685. The SMILES string of the molecule is CC(N)CN(C)CCCN1CCCC1. The molecule has 0 aromatic carbocycles. The van der Waals surface area contributed by atoms with Gasteiger partial charge in [-0.3, -0.25) is 0 Å². The molecular weight excluding hydrogens is 174 g/mol. The topological polar surface area (TPSA) is 32.5 Å². The normalized spacial score (nSPS) is 20.6. The predicted octanol–water partition coefficient (Wildman–Crippen LogP) is 0.751. The van der Waals surface area contributed by atoms with Crippen LogP contribution in [-0.4, -0.2) is 55.6 Å². The van der Waals surface area contributed by atoms with E-state index < -0.39 is 0 Å². The highest BCUT2D eigenvalue weighted by atomic mass is 15.1. The van der Waals surface area contributed by atoms with Gasteiger partial charge in [0.15, 0.2) is 0 Å². The van der Waals surface area contributed by atoms with Crippen LogP contribution in [0.2, 0.25) is 0 Å². The maximum Gasteiger partial charge on any atom is 0.0139 e. The second-order valence-corrected chi connectivity index (χ2v) is 4.64. The zero-order valence-electron chi connectivity index (χ0n) is 9.71. The maximum atomic E-state index is 5.74. The Balaban J connectivity index is 1.96. The molecule has 1 aliphatic heterocycles. The Labute approximate surface area is 88.2 Å². The second-order valence-electron chi connectivity index (χ2n) is 4.64. The van der Waals surface area contributed by atoms with E-state index in [1.807, 2.05) is 0 Å². The monoisotopic (exact) mass is 199 g/mol. The van der Waals surface area contributed by atoms with Gasteiger partial charge in [0, 0.05) is 12.6 Å². The number of likely N-dealkylation sites (N-methyl/N-ethyl adjacent to an activating group) is 1. The van der Waals surface area contributed by atoms with Gasteiger partial charge in [-0.1, -0.05) is 0 Å². The van der Waals surface area contributed by atoms with Gasteiger partial charge < -0.3 is 15.5 Å². The van der Waals surface area contributed by atoms with Crippen molar-refractivity contribution in [1.29, 1.82) is 0 Å². The van der Waals surface area contributed by atoms with Crippen molar-refractivity contribution in [3.63, 3.8) is 0 Å². The minimum absolute atomic E-state index is 0.298. The molecule has 1 heterocycles. The molecule has 0 bridgehead atoms. The first-order chi connectivity index (χ1) is 6.68. The van der Waals surface area contributed by atoms with Crippen LogP contribution in [0.5, 0.6) is 0 Å². The summed E-state index contributed by atoms with van der Waals surface area (Å²) in [6, 6.07) is 0.298. The first-order valence-corrected chi connectivity index (χ1v) is 5.85. The summed E-state index contributed by atoms with van der Waals surface area (Å²) in [4.78, 5) is 4.90. The summed E-state index contributed by atoms with van der Waals surface area (Å²) in [5.41, 5.74) is 5.74. The van der Waals surface area contributed by atoms with Crippen LogP contribution in [0.4, 0.5) is 0 Å². The van der Waals surface area contributed by atoms with Gasteiger partial charge in [0.1, 0.15) is 0 Å². The molecule has 0 aromatic rings. The third-order valence-corrected chi connectivity index (χ3v) is 2.81. The molecule has 1 atom stereocenters. The van der Waals surface area contributed by atoms with Crippen molar-refractivity contribution >= 4 is 0 Å². The third kappa shape index (κ3) is 4.94. The lowest BCUT2D eigenvalue weighted by Gasteiger charge is -2.20. The Morgan fingerprint density at radius 1 is 1.36 bits per heavy atom. The molecule has 0 saturated carbocycles. The molecule has 1 saturated heterocycles. The van der Waals surface area contributed by atoms with Gasteiger partial charge in [-0.15, -0.1) is 0 Å². The highest BCUT2D eigenvalue weighted by Gasteiger charge is 2.10. The van der Waals surface area contributed by atoms with E-state index in [-0.39, 0.29) is 0 Å². The smallest absolute Gasteiger partial charge is 0.0139 e. The zero-order valence-corrected chi connectivity index (χ0v) is 9.71.